The maximum atomic E-state index is 6.03. The van der Waals surface area contributed by atoms with Gasteiger partial charge in [-0.15, -0.1) is 0 Å². The number of nitrogens with zero attached hydrogens (tertiary/aromatic N) is 3. The zero-order valence-electron chi connectivity index (χ0n) is 10.4. The second-order valence-corrected chi connectivity index (χ2v) is 4.42. The van der Waals surface area contributed by atoms with Gasteiger partial charge in [0.15, 0.2) is 0 Å². The van der Waals surface area contributed by atoms with Crippen molar-refractivity contribution < 1.29 is 4.52 Å². The summed E-state index contributed by atoms with van der Waals surface area (Å²) in [5.41, 5.74) is 0.547. The van der Waals surface area contributed by atoms with Crippen LogP contribution in [-0.4, -0.2) is 27.7 Å². The molecular formula is C12H15ClN4O. The highest BCUT2D eigenvalue weighted by atomic mass is 35.5. The Morgan fingerprint density at radius 2 is 2.33 bits per heavy atom. The average Bonchev–Trinajstić information content (AvgIpc) is 2.78. The fourth-order valence-corrected chi connectivity index (χ4v) is 1.87. The first-order valence-electron chi connectivity index (χ1n) is 5.87. The molecule has 0 amide bonds. The van der Waals surface area contributed by atoms with E-state index in [0.717, 1.165) is 6.54 Å². The first-order chi connectivity index (χ1) is 8.70. The van der Waals surface area contributed by atoms with Gasteiger partial charge in [-0.05, 0) is 25.6 Å². The Kier molecular flexibility index (Phi) is 4.28. The predicted molar refractivity (Wildman–Crippen MR) is 69.4 cm³/mol. The van der Waals surface area contributed by atoms with Crippen molar-refractivity contribution in [1.82, 2.24) is 20.4 Å². The molecule has 0 aromatic carbocycles. The molecule has 0 aliphatic heterocycles. The quantitative estimate of drug-likeness (QED) is 0.900. The summed E-state index contributed by atoms with van der Waals surface area (Å²) < 4.78 is 5.19. The van der Waals surface area contributed by atoms with E-state index in [2.05, 4.69) is 34.3 Å². The van der Waals surface area contributed by atoms with Gasteiger partial charge >= 0.3 is 0 Å². The van der Waals surface area contributed by atoms with Gasteiger partial charge in [-0.25, -0.2) is 0 Å². The summed E-state index contributed by atoms with van der Waals surface area (Å²) in [4.78, 5) is 8.44. The van der Waals surface area contributed by atoms with Gasteiger partial charge in [0.1, 0.15) is 5.69 Å². The number of nitrogens with one attached hydrogen (secondary N) is 1. The Hall–Kier alpha value is -1.46. The largest absolute Gasteiger partial charge is 0.339 e. The van der Waals surface area contributed by atoms with E-state index in [1.54, 1.807) is 18.3 Å². The van der Waals surface area contributed by atoms with Crippen molar-refractivity contribution in [2.75, 3.05) is 6.54 Å². The van der Waals surface area contributed by atoms with Crippen LogP contribution < -0.4 is 5.32 Å². The number of aromatic nitrogens is 3. The predicted octanol–water partition coefficient (Wildman–Crippen LogP) is 2.33. The van der Waals surface area contributed by atoms with Gasteiger partial charge < -0.3 is 9.84 Å². The molecule has 96 valence electrons. The van der Waals surface area contributed by atoms with Gasteiger partial charge in [0, 0.05) is 18.7 Å². The van der Waals surface area contributed by atoms with Crippen LogP contribution in [0.25, 0.3) is 11.5 Å². The van der Waals surface area contributed by atoms with Crippen LogP contribution in [0.5, 0.6) is 0 Å². The molecule has 18 heavy (non-hydrogen) atoms. The average molecular weight is 267 g/mol. The summed E-state index contributed by atoms with van der Waals surface area (Å²) in [6, 6.07) is 3.81. The molecule has 0 aliphatic rings. The molecule has 0 fully saturated rings. The van der Waals surface area contributed by atoms with E-state index in [1.165, 1.54) is 0 Å². The van der Waals surface area contributed by atoms with E-state index in [1.807, 2.05) is 0 Å². The molecule has 1 unspecified atom stereocenters. The summed E-state index contributed by atoms with van der Waals surface area (Å²) in [7, 11) is 0. The van der Waals surface area contributed by atoms with Crippen LogP contribution in [0, 0.1) is 0 Å². The van der Waals surface area contributed by atoms with Crippen molar-refractivity contribution in [3.63, 3.8) is 0 Å². The van der Waals surface area contributed by atoms with Crippen molar-refractivity contribution in [2.24, 2.45) is 0 Å². The molecule has 6 heteroatoms. The van der Waals surface area contributed by atoms with Crippen molar-refractivity contribution in [3.8, 4) is 11.5 Å². The minimum Gasteiger partial charge on any atom is -0.339 e. The van der Waals surface area contributed by atoms with Crippen molar-refractivity contribution in [3.05, 3.63) is 29.2 Å². The Labute approximate surface area is 111 Å². The Morgan fingerprint density at radius 3 is 3.06 bits per heavy atom. The monoisotopic (exact) mass is 266 g/mol. The fraction of sp³-hybridized carbons (Fsp3) is 0.417. The second kappa shape index (κ2) is 5.93. The lowest BCUT2D eigenvalue weighted by Gasteiger charge is -2.07. The van der Waals surface area contributed by atoms with Crippen LogP contribution in [0.1, 0.15) is 19.7 Å². The van der Waals surface area contributed by atoms with E-state index in [9.17, 15) is 0 Å². The SMILES string of the molecule is CCNC(C)Cc1nc(-c2ncccc2Cl)no1. The summed E-state index contributed by atoms with van der Waals surface area (Å²) in [6.07, 6.45) is 2.34. The van der Waals surface area contributed by atoms with Crippen molar-refractivity contribution in [1.29, 1.82) is 0 Å². The number of pyridine rings is 1. The standard InChI is InChI=1S/C12H15ClN4O/c1-3-14-8(2)7-10-16-12(17-18-10)11-9(13)5-4-6-15-11/h4-6,8,14H,3,7H2,1-2H3. The fourth-order valence-electron chi connectivity index (χ4n) is 1.67. The number of rotatable bonds is 5. The van der Waals surface area contributed by atoms with Crippen molar-refractivity contribution >= 4 is 11.6 Å². The Balaban J connectivity index is 2.13. The molecule has 2 aromatic rings. The van der Waals surface area contributed by atoms with Gasteiger partial charge in [0.2, 0.25) is 11.7 Å². The highest BCUT2D eigenvalue weighted by Crippen LogP contribution is 2.22. The van der Waals surface area contributed by atoms with Crippen LogP contribution in [-0.2, 0) is 6.42 Å². The zero-order chi connectivity index (χ0) is 13.0. The molecule has 2 rings (SSSR count). The molecule has 1 N–H and O–H groups in total. The summed E-state index contributed by atoms with van der Waals surface area (Å²) in [5, 5.41) is 7.70. The number of hydrogen-bond acceptors (Lipinski definition) is 5. The van der Waals surface area contributed by atoms with Crippen LogP contribution >= 0.6 is 11.6 Å². The smallest absolute Gasteiger partial charge is 0.228 e. The minimum atomic E-state index is 0.294. The molecule has 5 nitrogen and oxygen atoms in total. The van der Waals surface area contributed by atoms with E-state index in [-0.39, 0.29) is 0 Å². The molecule has 0 radical (unpaired) electrons. The Bertz CT molecular complexity index is 514. The van der Waals surface area contributed by atoms with E-state index < -0.39 is 0 Å². The minimum absolute atomic E-state index is 0.294. The number of hydrogen-bond donors (Lipinski definition) is 1. The zero-order valence-corrected chi connectivity index (χ0v) is 11.1. The summed E-state index contributed by atoms with van der Waals surface area (Å²) in [6.45, 7) is 5.04. The van der Waals surface area contributed by atoms with E-state index in [4.69, 9.17) is 16.1 Å². The van der Waals surface area contributed by atoms with Gasteiger partial charge in [-0.2, -0.15) is 4.98 Å². The molecule has 2 heterocycles. The lowest BCUT2D eigenvalue weighted by Crippen LogP contribution is -2.27. The van der Waals surface area contributed by atoms with Crippen LogP contribution in [0.2, 0.25) is 5.02 Å². The molecule has 0 bridgehead atoms. The Morgan fingerprint density at radius 1 is 1.50 bits per heavy atom. The molecule has 0 saturated carbocycles. The summed E-state index contributed by atoms with van der Waals surface area (Å²) in [5.74, 6) is 1.01. The van der Waals surface area contributed by atoms with E-state index in [0.29, 0.717) is 34.9 Å². The molecule has 1 atom stereocenters. The maximum absolute atomic E-state index is 6.03. The van der Waals surface area contributed by atoms with Gasteiger partial charge in [-0.3, -0.25) is 4.98 Å². The van der Waals surface area contributed by atoms with Crippen LogP contribution in [0.4, 0.5) is 0 Å². The van der Waals surface area contributed by atoms with Gasteiger partial charge in [-0.1, -0.05) is 23.7 Å². The third kappa shape index (κ3) is 3.05. The molecule has 0 aliphatic carbocycles. The highest BCUT2D eigenvalue weighted by Gasteiger charge is 2.14. The lowest BCUT2D eigenvalue weighted by atomic mass is 10.2. The second-order valence-electron chi connectivity index (χ2n) is 4.01. The molecule has 0 saturated heterocycles. The summed E-state index contributed by atoms with van der Waals surface area (Å²) >= 11 is 6.03. The van der Waals surface area contributed by atoms with Gasteiger partial charge in [0.05, 0.1) is 5.02 Å². The van der Waals surface area contributed by atoms with E-state index >= 15 is 0 Å². The normalized spacial score (nSPS) is 12.6. The molecular weight excluding hydrogens is 252 g/mol. The van der Waals surface area contributed by atoms with Gasteiger partial charge in [0.25, 0.3) is 0 Å². The first kappa shape index (κ1) is 13.0. The molecule has 0 spiro atoms. The number of halogens is 1. The first-order valence-corrected chi connectivity index (χ1v) is 6.25. The van der Waals surface area contributed by atoms with Crippen LogP contribution in [0.3, 0.4) is 0 Å². The third-order valence-electron chi connectivity index (χ3n) is 2.47. The maximum Gasteiger partial charge on any atom is 0.228 e. The number of likely N-dealkylation sites (N-methyl/N-ethyl adjacent to an activating group) is 1. The lowest BCUT2D eigenvalue weighted by molar-refractivity contribution is 0.363. The van der Waals surface area contributed by atoms with Crippen molar-refractivity contribution in [2.45, 2.75) is 26.3 Å². The topological polar surface area (TPSA) is 63.8 Å². The highest BCUT2D eigenvalue weighted by molar-refractivity contribution is 6.32. The molecule has 2 aromatic heterocycles. The van der Waals surface area contributed by atoms with Crippen LogP contribution in [0.15, 0.2) is 22.9 Å². The third-order valence-corrected chi connectivity index (χ3v) is 2.78.